The standard InChI is InChI=1S/C12H12ClNO/c1-8(2)15-11-6-7-14-12-9(11)4-3-5-10(12)13/h3-8H,1-2H3. The zero-order valence-corrected chi connectivity index (χ0v) is 9.45. The van der Waals surface area contributed by atoms with Gasteiger partial charge in [-0.2, -0.15) is 0 Å². The van der Waals surface area contributed by atoms with Crippen LogP contribution in [-0.2, 0) is 0 Å². The molecular formula is C12H12ClNO. The Morgan fingerprint density at radius 1 is 1.27 bits per heavy atom. The zero-order valence-electron chi connectivity index (χ0n) is 8.70. The van der Waals surface area contributed by atoms with E-state index in [9.17, 15) is 0 Å². The van der Waals surface area contributed by atoms with Crippen LogP contribution in [-0.4, -0.2) is 11.1 Å². The van der Waals surface area contributed by atoms with Gasteiger partial charge in [0.25, 0.3) is 0 Å². The largest absolute Gasteiger partial charge is 0.490 e. The van der Waals surface area contributed by atoms with Gasteiger partial charge in [0.2, 0.25) is 0 Å². The number of fused-ring (bicyclic) bond motifs is 1. The maximum Gasteiger partial charge on any atom is 0.130 e. The van der Waals surface area contributed by atoms with Gasteiger partial charge in [0.15, 0.2) is 0 Å². The fraction of sp³-hybridized carbons (Fsp3) is 0.250. The minimum Gasteiger partial charge on any atom is -0.490 e. The Hall–Kier alpha value is -1.28. The van der Waals surface area contributed by atoms with E-state index >= 15 is 0 Å². The highest BCUT2D eigenvalue weighted by Gasteiger charge is 2.06. The van der Waals surface area contributed by atoms with Crippen molar-refractivity contribution in [2.24, 2.45) is 0 Å². The molecular weight excluding hydrogens is 210 g/mol. The third-order valence-electron chi connectivity index (χ3n) is 2.04. The molecule has 0 aliphatic heterocycles. The third kappa shape index (κ3) is 2.05. The lowest BCUT2D eigenvalue weighted by atomic mass is 10.2. The first-order valence-electron chi connectivity index (χ1n) is 4.88. The highest BCUT2D eigenvalue weighted by Crippen LogP contribution is 2.28. The summed E-state index contributed by atoms with van der Waals surface area (Å²) in [4.78, 5) is 4.24. The molecule has 0 saturated heterocycles. The number of ether oxygens (including phenoxy) is 1. The van der Waals surface area contributed by atoms with E-state index in [4.69, 9.17) is 16.3 Å². The Kier molecular flexibility index (Phi) is 2.78. The minimum absolute atomic E-state index is 0.148. The molecule has 2 nitrogen and oxygen atoms in total. The highest BCUT2D eigenvalue weighted by atomic mass is 35.5. The Morgan fingerprint density at radius 3 is 2.80 bits per heavy atom. The van der Waals surface area contributed by atoms with Crippen LogP contribution in [0.15, 0.2) is 30.5 Å². The Balaban J connectivity index is 2.61. The quantitative estimate of drug-likeness (QED) is 0.772. The Labute approximate surface area is 93.8 Å². The van der Waals surface area contributed by atoms with E-state index in [1.807, 2.05) is 38.1 Å². The molecule has 2 rings (SSSR count). The van der Waals surface area contributed by atoms with Crippen molar-refractivity contribution < 1.29 is 4.74 Å². The van der Waals surface area contributed by atoms with Crippen molar-refractivity contribution in [2.75, 3.05) is 0 Å². The molecule has 0 N–H and O–H groups in total. The number of benzene rings is 1. The molecule has 1 aromatic heterocycles. The third-order valence-corrected chi connectivity index (χ3v) is 2.35. The number of rotatable bonds is 2. The van der Waals surface area contributed by atoms with Gasteiger partial charge in [0, 0.05) is 11.6 Å². The number of hydrogen-bond acceptors (Lipinski definition) is 2. The van der Waals surface area contributed by atoms with E-state index in [1.54, 1.807) is 6.20 Å². The molecule has 0 fully saturated rings. The second-order valence-corrected chi connectivity index (χ2v) is 4.02. The number of aromatic nitrogens is 1. The molecule has 0 saturated carbocycles. The lowest BCUT2D eigenvalue weighted by molar-refractivity contribution is 0.245. The van der Waals surface area contributed by atoms with Gasteiger partial charge in [-0.1, -0.05) is 17.7 Å². The molecule has 0 bridgehead atoms. The predicted molar refractivity (Wildman–Crippen MR) is 62.5 cm³/mol. The van der Waals surface area contributed by atoms with Crippen LogP contribution in [0.25, 0.3) is 10.9 Å². The second-order valence-electron chi connectivity index (χ2n) is 3.61. The average Bonchev–Trinajstić information content (AvgIpc) is 2.19. The fourth-order valence-corrected chi connectivity index (χ4v) is 1.69. The van der Waals surface area contributed by atoms with Crippen molar-refractivity contribution in [2.45, 2.75) is 20.0 Å². The number of halogens is 1. The van der Waals surface area contributed by atoms with Crippen LogP contribution in [0.3, 0.4) is 0 Å². The molecule has 0 aliphatic carbocycles. The van der Waals surface area contributed by atoms with Crippen LogP contribution in [0.4, 0.5) is 0 Å². The summed E-state index contributed by atoms with van der Waals surface area (Å²) >= 11 is 6.05. The van der Waals surface area contributed by atoms with E-state index in [1.165, 1.54) is 0 Å². The first-order chi connectivity index (χ1) is 7.18. The molecule has 0 radical (unpaired) electrons. The van der Waals surface area contributed by atoms with Gasteiger partial charge in [-0.15, -0.1) is 0 Å². The van der Waals surface area contributed by atoms with Gasteiger partial charge in [0.05, 0.1) is 16.6 Å². The second kappa shape index (κ2) is 4.07. The van der Waals surface area contributed by atoms with E-state index < -0.39 is 0 Å². The average molecular weight is 222 g/mol. The van der Waals surface area contributed by atoms with Gasteiger partial charge >= 0.3 is 0 Å². The van der Waals surface area contributed by atoms with Crippen LogP contribution in [0.2, 0.25) is 5.02 Å². The number of hydrogen-bond donors (Lipinski definition) is 0. The number of nitrogens with zero attached hydrogens (tertiary/aromatic N) is 1. The Morgan fingerprint density at radius 2 is 2.07 bits per heavy atom. The van der Waals surface area contributed by atoms with Crippen molar-refractivity contribution >= 4 is 22.5 Å². The van der Waals surface area contributed by atoms with E-state index in [-0.39, 0.29) is 6.10 Å². The van der Waals surface area contributed by atoms with Gasteiger partial charge in [0.1, 0.15) is 5.75 Å². The smallest absolute Gasteiger partial charge is 0.130 e. The minimum atomic E-state index is 0.148. The first kappa shape index (κ1) is 10.2. The summed E-state index contributed by atoms with van der Waals surface area (Å²) in [5.74, 6) is 0.831. The summed E-state index contributed by atoms with van der Waals surface area (Å²) in [5.41, 5.74) is 0.789. The molecule has 3 heteroatoms. The van der Waals surface area contributed by atoms with Crippen LogP contribution in [0.5, 0.6) is 5.75 Å². The lowest BCUT2D eigenvalue weighted by Crippen LogP contribution is -2.05. The molecule has 1 heterocycles. The predicted octanol–water partition coefficient (Wildman–Crippen LogP) is 3.68. The molecule has 0 amide bonds. The highest BCUT2D eigenvalue weighted by molar-refractivity contribution is 6.35. The zero-order chi connectivity index (χ0) is 10.8. The summed E-state index contributed by atoms with van der Waals surface area (Å²) in [6.45, 7) is 3.99. The van der Waals surface area contributed by atoms with Crippen LogP contribution < -0.4 is 4.74 Å². The molecule has 1 aromatic carbocycles. The summed E-state index contributed by atoms with van der Waals surface area (Å²) in [6, 6.07) is 7.56. The van der Waals surface area contributed by atoms with Crippen molar-refractivity contribution in [3.05, 3.63) is 35.5 Å². The fourth-order valence-electron chi connectivity index (χ4n) is 1.47. The summed E-state index contributed by atoms with van der Waals surface area (Å²) < 4.78 is 5.68. The summed E-state index contributed by atoms with van der Waals surface area (Å²) in [7, 11) is 0. The number of pyridine rings is 1. The van der Waals surface area contributed by atoms with Gasteiger partial charge in [-0.25, -0.2) is 0 Å². The SMILES string of the molecule is CC(C)Oc1ccnc2c(Cl)cccc12. The van der Waals surface area contributed by atoms with Crippen molar-refractivity contribution in [3.63, 3.8) is 0 Å². The first-order valence-corrected chi connectivity index (χ1v) is 5.26. The molecule has 0 atom stereocenters. The maximum absolute atomic E-state index is 6.05. The van der Waals surface area contributed by atoms with Crippen molar-refractivity contribution in [3.8, 4) is 5.75 Å². The molecule has 0 spiro atoms. The number of para-hydroxylation sites is 1. The Bertz CT molecular complexity index is 482. The molecule has 15 heavy (non-hydrogen) atoms. The summed E-state index contributed by atoms with van der Waals surface area (Å²) in [5, 5.41) is 1.61. The van der Waals surface area contributed by atoms with E-state index in [2.05, 4.69) is 4.98 Å². The van der Waals surface area contributed by atoms with Crippen molar-refractivity contribution in [1.29, 1.82) is 0 Å². The molecule has 2 aromatic rings. The van der Waals surface area contributed by atoms with Crippen LogP contribution >= 0.6 is 11.6 Å². The van der Waals surface area contributed by atoms with Crippen LogP contribution in [0.1, 0.15) is 13.8 Å². The van der Waals surface area contributed by atoms with E-state index in [0.29, 0.717) is 5.02 Å². The molecule has 0 unspecified atom stereocenters. The lowest BCUT2D eigenvalue weighted by Gasteiger charge is -2.11. The van der Waals surface area contributed by atoms with Crippen LogP contribution in [0, 0.1) is 0 Å². The van der Waals surface area contributed by atoms with E-state index in [0.717, 1.165) is 16.7 Å². The van der Waals surface area contributed by atoms with Crippen molar-refractivity contribution in [1.82, 2.24) is 4.98 Å². The topological polar surface area (TPSA) is 22.1 Å². The monoisotopic (exact) mass is 221 g/mol. The van der Waals surface area contributed by atoms with Gasteiger partial charge < -0.3 is 4.74 Å². The molecule has 78 valence electrons. The summed E-state index contributed by atoms with van der Waals surface area (Å²) in [6.07, 6.45) is 1.86. The molecule has 0 aliphatic rings. The van der Waals surface area contributed by atoms with Gasteiger partial charge in [-0.05, 0) is 32.0 Å². The normalized spacial score (nSPS) is 10.9. The van der Waals surface area contributed by atoms with Gasteiger partial charge in [-0.3, -0.25) is 4.98 Å². The maximum atomic E-state index is 6.05.